The van der Waals surface area contributed by atoms with Crippen molar-refractivity contribution in [3.05, 3.63) is 52.5 Å². The number of ether oxygens (including phenoxy) is 1. The van der Waals surface area contributed by atoms with Gasteiger partial charge in [0.2, 0.25) is 5.78 Å². The van der Waals surface area contributed by atoms with Crippen LogP contribution in [0.15, 0.2) is 36.4 Å². The molecule has 0 radical (unpaired) electrons. The maximum absolute atomic E-state index is 12.7. The van der Waals surface area contributed by atoms with Crippen LogP contribution in [-0.4, -0.2) is 36.1 Å². The maximum atomic E-state index is 12.7. The summed E-state index contributed by atoms with van der Waals surface area (Å²) in [6, 6.07) is 10.6. The van der Waals surface area contributed by atoms with Gasteiger partial charge in [-0.1, -0.05) is 0 Å². The minimum atomic E-state index is -4.87. The van der Waals surface area contributed by atoms with Crippen molar-refractivity contribution in [3.63, 3.8) is 0 Å². The summed E-state index contributed by atoms with van der Waals surface area (Å²) in [6.45, 7) is 2.25. The summed E-state index contributed by atoms with van der Waals surface area (Å²) in [5.41, 5.74) is 1.49. The fourth-order valence-electron chi connectivity index (χ4n) is 2.99. The Kier molecular flexibility index (Phi) is 5.97. The summed E-state index contributed by atoms with van der Waals surface area (Å²) in [5, 5.41) is 2.77. The summed E-state index contributed by atoms with van der Waals surface area (Å²) in [4.78, 5) is 25.1. The summed E-state index contributed by atoms with van der Waals surface area (Å²) in [7, 11) is 1.55. The van der Waals surface area contributed by atoms with Gasteiger partial charge in [0.1, 0.15) is 10.6 Å². The molecule has 5 nitrogen and oxygen atoms in total. The summed E-state index contributed by atoms with van der Waals surface area (Å²) in [5.74, 6) is -1.37. The molecular formula is C20H19F3N2O3S. The van der Waals surface area contributed by atoms with Crippen molar-refractivity contribution in [2.75, 3.05) is 13.7 Å². The molecule has 29 heavy (non-hydrogen) atoms. The van der Waals surface area contributed by atoms with Crippen LogP contribution in [0.4, 0.5) is 13.2 Å². The van der Waals surface area contributed by atoms with E-state index in [1.807, 2.05) is 28.9 Å². The van der Waals surface area contributed by atoms with Crippen molar-refractivity contribution < 1.29 is 27.5 Å². The number of rotatable bonds is 7. The number of aryl methyl sites for hydroxylation is 2. The molecule has 154 valence electrons. The Hall–Kier alpha value is -2.81. The molecule has 3 aromatic rings. The Labute approximate surface area is 169 Å². The normalized spacial score (nSPS) is 11.6. The summed E-state index contributed by atoms with van der Waals surface area (Å²) >= 11 is 1.34. The molecule has 0 saturated carbocycles. The molecule has 0 aliphatic rings. The van der Waals surface area contributed by atoms with Gasteiger partial charge < -0.3 is 14.6 Å². The van der Waals surface area contributed by atoms with Gasteiger partial charge in [0, 0.05) is 29.7 Å². The van der Waals surface area contributed by atoms with Crippen molar-refractivity contribution in [1.82, 2.24) is 9.88 Å². The molecule has 0 fully saturated rings. The first kappa shape index (κ1) is 20.9. The highest BCUT2D eigenvalue weighted by atomic mass is 32.1. The van der Waals surface area contributed by atoms with Gasteiger partial charge in [-0.3, -0.25) is 9.59 Å². The Balaban J connectivity index is 1.71. The highest BCUT2D eigenvalue weighted by molar-refractivity contribution is 7.20. The van der Waals surface area contributed by atoms with Crippen molar-refractivity contribution in [2.24, 2.45) is 0 Å². The fraction of sp³-hybridized carbons (Fsp3) is 0.300. The molecule has 1 N–H and O–H groups in total. The zero-order chi connectivity index (χ0) is 21.2. The molecule has 2 aromatic heterocycles. The molecule has 0 aliphatic heterocycles. The Morgan fingerprint density at radius 2 is 1.86 bits per heavy atom. The minimum absolute atomic E-state index is 0.0829. The number of nitrogens with one attached hydrogen (secondary N) is 1. The van der Waals surface area contributed by atoms with Crippen molar-refractivity contribution in [2.45, 2.75) is 26.1 Å². The lowest BCUT2D eigenvalue weighted by molar-refractivity contribution is -0.173. The fourth-order valence-corrected chi connectivity index (χ4v) is 4.17. The molecule has 0 spiro atoms. The first-order valence-corrected chi connectivity index (χ1v) is 9.66. The Morgan fingerprint density at radius 1 is 1.17 bits per heavy atom. The lowest BCUT2D eigenvalue weighted by atomic mass is 10.1. The predicted octanol–water partition coefficient (Wildman–Crippen LogP) is 4.32. The third-order valence-electron chi connectivity index (χ3n) is 4.45. The van der Waals surface area contributed by atoms with E-state index >= 15 is 0 Å². The van der Waals surface area contributed by atoms with E-state index in [4.69, 9.17) is 4.74 Å². The van der Waals surface area contributed by atoms with Crippen LogP contribution in [0.25, 0.3) is 10.2 Å². The second kappa shape index (κ2) is 8.28. The standard InChI is InChI=1S/C20H19F3N2O3S/c1-12-10-14-11-16(17(26)13-4-6-15(28-2)7-5-13)29-18(14)25(12)9-3-8-24-19(27)20(21,22)23/h4-7,10-11H,3,8-9H2,1-2H3,(H,24,27). The van der Waals surface area contributed by atoms with Crippen LogP contribution < -0.4 is 10.1 Å². The highest BCUT2D eigenvalue weighted by Gasteiger charge is 2.38. The molecule has 9 heteroatoms. The third-order valence-corrected chi connectivity index (χ3v) is 5.63. The Bertz CT molecular complexity index is 1040. The number of halogens is 3. The van der Waals surface area contributed by atoms with E-state index in [1.54, 1.807) is 31.4 Å². The Morgan fingerprint density at radius 3 is 2.48 bits per heavy atom. The molecular weight excluding hydrogens is 405 g/mol. The van der Waals surface area contributed by atoms with Crippen molar-refractivity contribution >= 4 is 33.2 Å². The number of aromatic nitrogens is 1. The molecule has 0 aliphatic carbocycles. The smallest absolute Gasteiger partial charge is 0.471 e. The van der Waals surface area contributed by atoms with Crippen molar-refractivity contribution in [3.8, 4) is 5.75 Å². The van der Waals surface area contributed by atoms with E-state index in [9.17, 15) is 22.8 Å². The van der Waals surface area contributed by atoms with Crippen LogP contribution in [0.2, 0.25) is 0 Å². The highest BCUT2D eigenvalue weighted by Crippen LogP contribution is 2.31. The van der Waals surface area contributed by atoms with Gasteiger partial charge in [-0.2, -0.15) is 13.2 Å². The van der Waals surface area contributed by atoms with Gasteiger partial charge in [-0.05, 0) is 49.7 Å². The number of fused-ring (bicyclic) bond motifs is 1. The molecule has 0 atom stereocenters. The number of carbonyl (C=O) groups is 2. The molecule has 0 saturated heterocycles. The average Bonchev–Trinajstić information content (AvgIpc) is 3.21. The van der Waals surface area contributed by atoms with E-state index in [2.05, 4.69) is 0 Å². The van der Waals surface area contributed by atoms with Crippen LogP contribution in [0, 0.1) is 6.92 Å². The zero-order valence-electron chi connectivity index (χ0n) is 15.8. The van der Waals surface area contributed by atoms with Crippen LogP contribution in [0.5, 0.6) is 5.75 Å². The lowest BCUT2D eigenvalue weighted by Gasteiger charge is -2.10. The van der Waals surface area contributed by atoms with Gasteiger partial charge in [-0.15, -0.1) is 11.3 Å². The molecule has 3 rings (SSSR count). The first-order chi connectivity index (χ1) is 13.7. The third kappa shape index (κ3) is 4.61. The number of ketones is 1. The van der Waals surface area contributed by atoms with Gasteiger partial charge in [0.25, 0.3) is 0 Å². The molecule has 2 heterocycles. The number of hydrogen-bond donors (Lipinski definition) is 1. The average molecular weight is 424 g/mol. The molecule has 1 aromatic carbocycles. The van der Waals surface area contributed by atoms with E-state index in [1.165, 1.54) is 11.3 Å². The van der Waals surface area contributed by atoms with E-state index in [0.29, 0.717) is 29.2 Å². The van der Waals surface area contributed by atoms with Gasteiger partial charge in [0.15, 0.2) is 0 Å². The van der Waals surface area contributed by atoms with Crippen LogP contribution in [0.1, 0.15) is 27.3 Å². The predicted molar refractivity (Wildman–Crippen MR) is 105 cm³/mol. The number of methoxy groups -OCH3 is 1. The maximum Gasteiger partial charge on any atom is 0.471 e. The van der Waals surface area contributed by atoms with Gasteiger partial charge in [-0.25, -0.2) is 0 Å². The lowest BCUT2D eigenvalue weighted by Crippen LogP contribution is -2.37. The number of hydrogen-bond acceptors (Lipinski definition) is 4. The number of nitrogens with zero attached hydrogens (tertiary/aromatic N) is 1. The quantitative estimate of drug-likeness (QED) is 0.454. The summed E-state index contributed by atoms with van der Waals surface area (Å²) in [6.07, 6.45) is -4.53. The minimum Gasteiger partial charge on any atom is -0.497 e. The monoisotopic (exact) mass is 424 g/mol. The number of thiophene rings is 1. The zero-order valence-corrected chi connectivity index (χ0v) is 16.6. The van der Waals surface area contributed by atoms with Crippen LogP contribution >= 0.6 is 11.3 Å². The number of alkyl halides is 3. The number of carbonyl (C=O) groups excluding carboxylic acids is 2. The van der Waals surface area contributed by atoms with E-state index in [0.717, 1.165) is 15.9 Å². The largest absolute Gasteiger partial charge is 0.497 e. The van der Waals surface area contributed by atoms with Gasteiger partial charge in [0.05, 0.1) is 12.0 Å². The summed E-state index contributed by atoms with van der Waals surface area (Å²) < 4.78 is 43.7. The number of benzene rings is 1. The van der Waals surface area contributed by atoms with Crippen molar-refractivity contribution in [1.29, 1.82) is 0 Å². The topological polar surface area (TPSA) is 60.3 Å². The SMILES string of the molecule is COc1ccc(C(=O)c2cc3cc(C)n(CCCNC(=O)C(F)(F)F)c3s2)cc1. The van der Waals surface area contributed by atoms with E-state index in [-0.39, 0.29) is 12.3 Å². The van der Waals surface area contributed by atoms with Crippen LogP contribution in [-0.2, 0) is 11.3 Å². The van der Waals surface area contributed by atoms with Crippen LogP contribution in [0.3, 0.4) is 0 Å². The molecule has 0 bridgehead atoms. The van der Waals surface area contributed by atoms with E-state index < -0.39 is 12.1 Å². The second-order valence-electron chi connectivity index (χ2n) is 6.47. The number of amides is 1. The molecule has 1 amide bonds. The second-order valence-corrected chi connectivity index (χ2v) is 7.50. The molecule has 0 unspecified atom stereocenters. The van der Waals surface area contributed by atoms with Gasteiger partial charge >= 0.3 is 12.1 Å². The first-order valence-electron chi connectivity index (χ1n) is 8.84.